The molecule has 1 aromatic carbocycles. The number of aryl methyl sites for hydroxylation is 1. The van der Waals surface area contributed by atoms with Gasteiger partial charge in [0.15, 0.2) is 0 Å². The van der Waals surface area contributed by atoms with Crippen molar-refractivity contribution < 1.29 is 4.31 Å². The second-order valence-electron chi connectivity index (χ2n) is 5.15. The first-order chi connectivity index (χ1) is 9.66. The number of para-hydroxylation sites is 1. The summed E-state index contributed by atoms with van der Waals surface area (Å²) in [6.45, 7) is 2.25. The Labute approximate surface area is 140 Å². The van der Waals surface area contributed by atoms with Crippen molar-refractivity contribution in [1.29, 1.82) is 0 Å². The molecule has 1 rings (SSSR count). The highest BCUT2D eigenvalue weighted by Crippen LogP contribution is 2.15. The Hall–Kier alpha value is -0.160. The standard InChI is InChI=1S/C16H25NS3/c1-2-3-4-5-6-7-8-11-14-12-9-10-13-15(14)17(20)16(18)19/h9-10,12-13,17H,2-8,11H2,1H3,(H,18,19)/p-1. The SMILES string of the molecule is CCCCCCCCCc1ccccc1[NH+]([S-])C(=S)[S-]. The highest BCUT2D eigenvalue weighted by atomic mass is 32.1. The summed E-state index contributed by atoms with van der Waals surface area (Å²) in [6, 6.07) is 8.25. The molecule has 0 bridgehead atoms. The number of hydrogen-bond acceptors (Lipinski definition) is 3. The van der Waals surface area contributed by atoms with Gasteiger partial charge in [-0.3, -0.25) is 0 Å². The van der Waals surface area contributed by atoms with E-state index in [9.17, 15) is 0 Å². The van der Waals surface area contributed by atoms with Gasteiger partial charge in [-0.25, -0.2) is 0 Å². The monoisotopic (exact) mass is 326 g/mol. The van der Waals surface area contributed by atoms with E-state index >= 15 is 0 Å². The van der Waals surface area contributed by atoms with Gasteiger partial charge >= 0.3 is 0 Å². The van der Waals surface area contributed by atoms with E-state index in [0.717, 1.165) is 12.1 Å². The Bertz CT molecular complexity index is 406. The fourth-order valence-electron chi connectivity index (χ4n) is 2.34. The molecule has 0 fully saturated rings. The van der Waals surface area contributed by atoms with Gasteiger partial charge < -0.3 is 42.0 Å². The van der Waals surface area contributed by atoms with Gasteiger partial charge in [-0.2, -0.15) is 0 Å². The van der Waals surface area contributed by atoms with Crippen LogP contribution in [0.2, 0.25) is 0 Å². The normalized spacial score (nSPS) is 12.3. The molecule has 112 valence electrons. The lowest BCUT2D eigenvalue weighted by Crippen LogP contribution is -3.04. The molecule has 1 aromatic rings. The van der Waals surface area contributed by atoms with Crippen molar-refractivity contribution in [3.05, 3.63) is 29.8 Å². The van der Waals surface area contributed by atoms with Gasteiger partial charge in [0.2, 0.25) is 0 Å². The minimum atomic E-state index is 0.409. The van der Waals surface area contributed by atoms with Crippen LogP contribution < -0.4 is 4.31 Å². The van der Waals surface area contributed by atoms with Crippen molar-refractivity contribution in [2.45, 2.75) is 58.3 Å². The maximum atomic E-state index is 5.34. The molecule has 0 aliphatic carbocycles. The number of thiocarbonyl (C=S) groups is 1. The maximum Gasteiger partial charge on any atom is 0.120 e. The maximum absolute atomic E-state index is 5.34. The minimum absolute atomic E-state index is 0.409. The van der Waals surface area contributed by atoms with Crippen molar-refractivity contribution in [1.82, 2.24) is 0 Å². The van der Waals surface area contributed by atoms with Crippen LogP contribution in [0.4, 0.5) is 5.69 Å². The molecule has 0 aromatic heterocycles. The van der Waals surface area contributed by atoms with Crippen LogP contribution in [-0.4, -0.2) is 4.32 Å². The van der Waals surface area contributed by atoms with Crippen LogP contribution in [0.25, 0.3) is 0 Å². The zero-order valence-corrected chi connectivity index (χ0v) is 14.6. The molecule has 1 nitrogen and oxygen atoms in total. The predicted octanol–water partition coefficient (Wildman–Crippen LogP) is 3.79. The summed E-state index contributed by atoms with van der Waals surface area (Å²) in [4.78, 5) is 0. The minimum Gasteiger partial charge on any atom is -0.485 e. The number of rotatable bonds is 9. The molecule has 0 spiro atoms. The van der Waals surface area contributed by atoms with Gasteiger partial charge in [-0.05, 0) is 18.9 Å². The summed E-state index contributed by atoms with van der Waals surface area (Å²) < 4.78 is 1.07. The van der Waals surface area contributed by atoms with Crippen LogP contribution >= 0.6 is 12.2 Å². The van der Waals surface area contributed by atoms with Crippen LogP contribution in [0.1, 0.15) is 57.4 Å². The summed E-state index contributed by atoms with van der Waals surface area (Å²) in [5, 5.41) is 0. The third-order valence-corrected chi connectivity index (χ3v) is 4.59. The Morgan fingerprint density at radius 1 is 1.05 bits per heavy atom. The Morgan fingerprint density at radius 2 is 1.65 bits per heavy atom. The third-order valence-electron chi connectivity index (χ3n) is 3.50. The van der Waals surface area contributed by atoms with Crippen LogP contribution in [0.3, 0.4) is 0 Å². The largest absolute Gasteiger partial charge is 0.485 e. The van der Waals surface area contributed by atoms with Crippen molar-refractivity contribution in [3.8, 4) is 0 Å². The van der Waals surface area contributed by atoms with Crippen molar-refractivity contribution in [2.24, 2.45) is 0 Å². The van der Waals surface area contributed by atoms with Gasteiger partial charge in [0.05, 0.1) is 0 Å². The lowest BCUT2D eigenvalue weighted by Gasteiger charge is -2.28. The van der Waals surface area contributed by atoms with Gasteiger partial charge in [-0.15, -0.1) is 0 Å². The van der Waals surface area contributed by atoms with Crippen LogP contribution in [-0.2, 0) is 31.9 Å². The predicted molar refractivity (Wildman–Crippen MR) is 96.1 cm³/mol. The average molecular weight is 327 g/mol. The lowest BCUT2D eigenvalue weighted by atomic mass is 10.0. The highest BCUT2D eigenvalue weighted by Gasteiger charge is 2.06. The van der Waals surface area contributed by atoms with E-state index in [0.29, 0.717) is 8.63 Å². The summed E-state index contributed by atoms with van der Waals surface area (Å²) >= 11 is 15.4. The molecular formula is C16H24NS3-. The zero-order chi connectivity index (χ0) is 14.8. The van der Waals surface area contributed by atoms with Crippen LogP contribution in [0.15, 0.2) is 24.3 Å². The van der Waals surface area contributed by atoms with E-state index < -0.39 is 0 Å². The molecule has 0 radical (unpaired) electrons. The molecule has 0 saturated carbocycles. The third kappa shape index (κ3) is 6.53. The first-order valence-electron chi connectivity index (χ1n) is 7.50. The number of nitrogens with one attached hydrogen (secondary N) is 1. The second-order valence-corrected chi connectivity index (χ2v) is 6.63. The molecule has 0 aliphatic rings. The van der Waals surface area contributed by atoms with E-state index in [1.165, 1.54) is 50.5 Å². The summed E-state index contributed by atoms with van der Waals surface area (Å²) in [5.41, 5.74) is 2.35. The molecule has 4 heteroatoms. The molecule has 0 saturated heterocycles. The highest BCUT2D eigenvalue weighted by molar-refractivity contribution is 8.00. The van der Waals surface area contributed by atoms with Gasteiger partial charge in [-0.1, -0.05) is 63.6 Å². The van der Waals surface area contributed by atoms with Gasteiger partial charge in [0, 0.05) is 9.88 Å². The van der Waals surface area contributed by atoms with Crippen molar-refractivity contribution >= 4 is 47.7 Å². The second kappa shape index (κ2) is 10.6. The first kappa shape index (κ1) is 17.9. The molecule has 20 heavy (non-hydrogen) atoms. The summed E-state index contributed by atoms with van der Waals surface area (Å²) in [5.74, 6) is 0. The Kier molecular flexibility index (Phi) is 9.44. The molecule has 1 N–H and O–H groups in total. The van der Waals surface area contributed by atoms with Gasteiger partial charge in [0.1, 0.15) is 5.69 Å². The quantitative estimate of drug-likeness (QED) is 0.418. The van der Waals surface area contributed by atoms with Crippen molar-refractivity contribution in [3.63, 3.8) is 0 Å². The smallest absolute Gasteiger partial charge is 0.120 e. The van der Waals surface area contributed by atoms with E-state index in [1.54, 1.807) is 0 Å². The van der Waals surface area contributed by atoms with Gasteiger partial charge in [0.25, 0.3) is 0 Å². The number of hydrogen-bond donors (Lipinski definition) is 1. The van der Waals surface area contributed by atoms with Crippen LogP contribution in [0, 0.1) is 0 Å². The molecular weight excluding hydrogens is 302 g/mol. The Balaban J connectivity index is 2.38. The molecule has 1 atom stereocenters. The number of quaternary nitrogens is 1. The molecule has 0 amide bonds. The fourth-order valence-corrected chi connectivity index (χ4v) is 2.76. The molecule has 0 heterocycles. The number of benzene rings is 1. The van der Waals surface area contributed by atoms with Crippen LogP contribution in [0.5, 0.6) is 0 Å². The van der Waals surface area contributed by atoms with E-state index in [-0.39, 0.29) is 0 Å². The van der Waals surface area contributed by atoms with E-state index in [1.807, 2.05) is 12.1 Å². The molecule has 0 aliphatic heterocycles. The summed E-state index contributed by atoms with van der Waals surface area (Å²) in [7, 11) is 0. The zero-order valence-electron chi connectivity index (χ0n) is 12.2. The molecule has 1 unspecified atom stereocenters. The van der Waals surface area contributed by atoms with E-state index in [4.69, 9.17) is 37.7 Å². The lowest BCUT2D eigenvalue weighted by molar-refractivity contribution is -0.548. The van der Waals surface area contributed by atoms with E-state index in [2.05, 4.69) is 19.1 Å². The van der Waals surface area contributed by atoms with Crippen molar-refractivity contribution in [2.75, 3.05) is 0 Å². The fraction of sp³-hybridized carbons (Fsp3) is 0.562. The summed E-state index contributed by atoms with van der Waals surface area (Å²) in [6.07, 6.45) is 10.3. The Morgan fingerprint density at radius 3 is 2.30 bits per heavy atom. The number of unbranched alkanes of at least 4 members (excludes halogenated alkanes) is 6. The first-order valence-corrected chi connectivity index (χ1v) is 8.73. The topological polar surface area (TPSA) is 4.44 Å². The average Bonchev–Trinajstić information content (AvgIpc) is 2.46.